The summed E-state index contributed by atoms with van der Waals surface area (Å²) in [5.41, 5.74) is 1.48. The number of halogens is 1. The van der Waals surface area contributed by atoms with Gasteiger partial charge in [-0.25, -0.2) is 4.98 Å². The third-order valence-corrected chi connectivity index (χ3v) is 5.91. The summed E-state index contributed by atoms with van der Waals surface area (Å²) in [4.78, 5) is 19.5. The van der Waals surface area contributed by atoms with Crippen molar-refractivity contribution < 1.29 is 9.53 Å². The van der Waals surface area contributed by atoms with Crippen LogP contribution in [0.5, 0.6) is 0 Å². The van der Waals surface area contributed by atoms with E-state index in [1.165, 1.54) is 24.2 Å². The van der Waals surface area contributed by atoms with E-state index in [1.807, 2.05) is 34.5 Å². The van der Waals surface area contributed by atoms with Crippen molar-refractivity contribution in [3.8, 4) is 10.6 Å². The zero-order valence-corrected chi connectivity index (χ0v) is 14.9. The Kier molecular flexibility index (Phi) is 4.57. The van der Waals surface area contributed by atoms with Gasteiger partial charge < -0.3 is 9.64 Å². The third-order valence-electron chi connectivity index (χ3n) is 4.79. The van der Waals surface area contributed by atoms with Crippen molar-refractivity contribution >= 4 is 28.8 Å². The van der Waals surface area contributed by atoms with Crippen LogP contribution in [0, 0.1) is 0 Å². The number of hydrogen-bond donors (Lipinski definition) is 0. The molecular weight excluding hydrogens is 344 g/mol. The van der Waals surface area contributed by atoms with Crippen LogP contribution in [0.2, 0.25) is 5.02 Å². The molecule has 0 radical (unpaired) electrons. The number of nitrogens with zero attached hydrogens (tertiary/aromatic N) is 2. The fourth-order valence-electron chi connectivity index (χ4n) is 3.62. The summed E-state index contributed by atoms with van der Waals surface area (Å²) in [7, 11) is 0. The molecule has 2 fully saturated rings. The van der Waals surface area contributed by atoms with Gasteiger partial charge in [0, 0.05) is 22.5 Å². The predicted octanol–water partition coefficient (Wildman–Crippen LogP) is 4.25. The molecule has 2 unspecified atom stereocenters. The molecule has 1 aliphatic carbocycles. The minimum atomic E-state index is 0.0275. The van der Waals surface area contributed by atoms with Gasteiger partial charge in [0.2, 0.25) is 0 Å². The van der Waals surface area contributed by atoms with Crippen molar-refractivity contribution in [3.63, 3.8) is 0 Å². The van der Waals surface area contributed by atoms with Crippen molar-refractivity contribution in [2.24, 2.45) is 0 Å². The first-order chi connectivity index (χ1) is 11.7. The molecule has 2 aliphatic rings. The third kappa shape index (κ3) is 3.08. The van der Waals surface area contributed by atoms with Crippen LogP contribution in [0.15, 0.2) is 29.6 Å². The minimum Gasteiger partial charge on any atom is -0.374 e. The summed E-state index contributed by atoms with van der Waals surface area (Å²) in [5, 5.41) is 3.36. The molecule has 4 nitrogen and oxygen atoms in total. The number of aromatic nitrogens is 1. The van der Waals surface area contributed by atoms with Crippen molar-refractivity contribution in [1.29, 1.82) is 0 Å². The fraction of sp³-hybridized carbons (Fsp3) is 0.444. The molecule has 6 heteroatoms. The lowest BCUT2D eigenvalue weighted by atomic mass is 9.90. The van der Waals surface area contributed by atoms with Gasteiger partial charge in [-0.05, 0) is 25.0 Å². The molecule has 126 valence electrons. The number of carbonyl (C=O) groups is 1. The Morgan fingerprint density at radius 1 is 1.33 bits per heavy atom. The zero-order chi connectivity index (χ0) is 16.5. The average molecular weight is 363 g/mol. The molecule has 2 heterocycles. The SMILES string of the molecule is O=C(c1csc(-c2cccc(Cl)c2)n1)N1CCOC2CCCCC21. The second kappa shape index (κ2) is 6.82. The lowest BCUT2D eigenvalue weighted by molar-refractivity contribution is -0.0754. The molecular formula is C18H19ClN2O2S. The highest BCUT2D eigenvalue weighted by molar-refractivity contribution is 7.13. The fourth-order valence-corrected chi connectivity index (χ4v) is 4.60. The van der Waals surface area contributed by atoms with Crippen LogP contribution in [-0.4, -0.2) is 41.1 Å². The van der Waals surface area contributed by atoms with E-state index in [-0.39, 0.29) is 18.1 Å². The molecule has 1 aromatic carbocycles. The van der Waals surface area contributed by atoms with Crippen LogP contribution in [0.3, 0.4) is 0 Å². The highest BCUT2D eigenvalue weighted by Gasteiger charge is 2.37. The highest BCUT2D eigenvalue weighted by Crippen LogP contribution is 2.31. The van der Waals surface area contributed by atoms with Crippen LogP contribution >= 0.6 is 22.9 Å². The normalized spacial score (nSPS) is 23.8. The standard InChI is InChI=1S/C18H19ClN2O2S/c19-13-5-3-4-12(10-13)17-20-14(11-24-17)18(22)21-8-9-23-16-7-2-1-6-15(16)21/h3-5,10-11,15-16H,1-2,6-9H2. The molecule has 24 heavy (non-hydrogen) atoms. The maximum atomic E-state index is 13.0. The number of fused-ring (bicyclic) bond motifs is 1. The van der Waals surface area contributed by atoms with E-state index in [0.717, 1.165) is 23.4 Å². The number of rotatable bonds is 2. The average Bonchev–Trinajstić information content (AvgIpc) is 3.11. The molecule has 1 amide bonds. The van der Waals surface area contributed by atoms with Gasteiger partial charge in [0.1, 0.15) is 10.7 Å². The van der Waals surface area contributed by atoms with E-state index in [2.05, 4.69) is 4.98 Å². The molecule has 0 N–H and O–H groups in total. The van der Waals surface area contributed by atoms with Crippen molar-refractivity contribution in [2.75, 3.05) is 13.2 Å². The molecule has 1 saturated carbocycles. The molecule has 1 aromatic heterocycles. The largest absolute Gasteiger partial charge is 0.374 e. The van der Waals surface area contributed by atoms with Gasteiger partial charge in [-0.3, -0.25) is 4.79 Å². The van der Waals surface area contributed by atoms with E-state index in [0.29, 0.717) is 23.9 Å². The zero-order valence-electron chi connectivity index (χ0n) is 13.3. The van der Waals surface area contributed by atoms with Crippen molar-refractivity contribution in [1.82, 2.24) is 9.88 Å². The lowest BCUT2D eigenvalue weighted by Gasteiger charge is -2.43. The van der Waals surface area contributed by atoms with E-state index < -0.39 is 0 Å². The summed E-state index contributed by atoms with van der Waals surface area (Å²) >= 11 is 7.53. The first kappa shape index (κ1) is 16.1. The molecule has 4 rings (SSSR count). The first-order valence-electron chi connectivity index (χ1n) is 8.36. The Labute approximate surface area is 150 Å². The van der Waals surface area contributed by atoms with Gasteiger partial charge in [-0.1, -0.05) is 36.6 Å². The van der Waals surface area contributed by atoms with Crippen LogP contribution < -0.4 is 0 Å². The van der Waals surface area contributed by atoms with Crippen molar-refractivity contribution in [3.05, 3.63) is 40.4 Å². The summed E-state index contributed by atoms with van der Waals surface area (Å²) in [6, 6.07) is 7.78. The molecule has 2 aromatic rings. The van der Waals surface area contributed by atoms with E-state index >= 15 is 0 Å². The Hall–Kier alpha value is -1.43. The first-order valence-corrected chi connectivity index (χ1v) is 9.62. The number of ether oxygens (including phenoxy) is 1. The number of benzene rings is 1. The van der Waals surface area contributed by atoms with Crippen LogP contribution in [0.25, 0.3) is 10.6 Å². The number of amides is 1. The Morgan fingerprint density at radius 3 is 3.08 bits per heavy atom. The summed E-state index contributed by atoms with van der Waals surface area (Å²) < 4.78 is 5.86. The molecule has 2 atom stereocenters. The van der Waals surface area contributed by atoms with Crippen LogP contribution in [0.1, 0.15) is 36.2 Å². The maximum Gasteiger partial charge on any atom is 0.273 e. The van der Waals surface area contributed by atoms with E-state index in [1.54, 1.807) is 0 Å². The minimum absolute atomic E-state index is 0.0275. The summed E-state index contributed by atoms with van der Waals surface area (Å²) in [6.07, 6.45) is 4.64. The van der Waals surface area contributed by atoms with Crippen LogP contribution in [0.4, 0.5) is 0 Å². The van der Waals surface area contributed by atoms with Gasteiger partial charge >= 0.3 is 0 Å². The smallest absolute Gasteiger partial charge is 0.273 e. The monoisotopic (exact) mass is 362 g/mol. The second-order valence-electron chi connectivity index (χ2n) is 6.31. The van der Waals surface area contributed by atoms with Gasteiger partial charge in [0.05, 0.1) is 18.8 Å². The quantitative estimate of drug-likeness (QED) is 0.802. The molecule has 1 aliphatic heterocycles. The predicted molar refractivity (Wildman–Crippen MR) is 95.6 cm³/mol. The van der Waals surface area contributed by atoms with E-state index in [4.69, 9.17) is 16.3 Å². The van der Waals surface area contributed by atoms with Crippen molar-refractivity contribution in [2.45, 2.75) is 37.8 Å². The second-order valence-corrected chi connectivity index (χ2v) is 7.60. The number of morpholine rings is 1. The Morgan fingerprint density at radius 2 is 2.21 bits per heavy atom. The van der Waals surface area contributed by atoms with Gasteiger partial charge in [-0.15, -0.1) is 11.3 Å². The number of carbonyl (C=O) groups excluding carboxylic acids is 1. The number of hydrogen-bond acceptors (Lipinski definition) is 4. The maximum absolute atomic E-state index is 13.0. The molecule has 0 spiro atoms. The highest BCUT2D eigenvalue weighted by atomic mass is 35.5. The Balaban J connectivity index is 1.56. The van der Waals surface area contributed by atoms with Gasteiger partial charge in [0.15, 0.2) is 0 Å². The van der Waals surface area contributed by atoms with Gasteiger partial charge in [0.25, 0.3) is 5.91 Å². The number of thiazole rings is 1. The van der Waals surface area contributed by atoms with Crippen LogP contribution in [-0.2, 0) is 4.74 Å². The summed E-state index contributed by atoms with van der Waals surface area (Å²) in [6.45, 7) is 1.28. The molecule has 0 bridgehead atoms. The topological polar surface area (TPSA) is 42.4 Å². The Bertz CT molecular complexity index is 746. The molecule has 1 saturated heterocycles. The summed E-state index contributed by atoms with van der Waals surface area (Å²) in [5.74, 6) is 0.0275. The van der Waals surface area contributed by atoms with Gasteiger partial charge in [-0.2, -0.15) is 0 Å². The van der Waals surface area contributed by atoms with E-state index in [9.17, 15) is 4.79 Å². The lowest BCUT2D eigenvalue weighted by Crippen LogP contribution is -2.54.